The molecule has 1 aliphatic rings. The minimum atomic E-state index is -0.595. The molecule has 1 atom stereocenters. The van der Waals surface area contributed by atoms with Crippen LogP contribution in [-0.4, -0.2) is 33.1 Å². The highest BCUT2D eigenvalue weighted by atomic mass is 19.1. The average Bonchev–Trinajstić information content (AvgIpc) is 2.85. The molecule has 1 fully saturated rings. The number of anilines is 1. The smallest absolute Gasteiger partial charge is 0.175 e. The Kier molecular flexibility index (Phi) is 7.15. The van der Waals surface area contributed by atoms with Crippen molar-refractivity contribution in [2.75, 3.05) is 18.0 Å². The summed E-state index contributed by atoms with van der Waals surface area (Å²) in [6.07, 6.45) is 4.24. The van der Waals surface area contributed by atoms with E-state index >= 15 is 4.39 Å². The molecule has 7 heteroatoms. The zero-order valence-corrected chi connectivity index (χ0v) is 21.0. The van der Waals surface area contributed by atoms with Crippen LogP contribution in [0.2, 0.25) is 0 Å². The molecule has 0 aliphatic carbocycles. The largest absolute Gasteiger partial charge is 0.508 e. The van der Waals surface area contributed by atoms with E-state index in [0.29, 0.717) is 51.3 Å². The number of rotatable bonds is 3. The van der Waals surface area contributed by atoms with E-state index in [9.17, 15) is 9.50 Å². The lowest BCUT2D eigenvalue weighted by atomic mass is 9.94. The van der Waals surface area contributed by atoms with E-state index in [1.807, 2.05) is 20.8 Å². The number of pyridine rings is 1. The van der Waals surface area contributed by atoms with Crippen molar-refractivity contribution in [3.05, 3.63) is 53.5 Å². The Morgan fingerprint density at radius 2 is 1.91 bits per heavy atom. The van der Waals surface area contributed by atoms with Crippen LogP contribution in [0.25, 0.3) is 32.9 Å². The van der Waals surface area contributed by atoms with Crippen molar-refractivity contribution >= 4 is 27.5 Å². The van der Waals surface area contributed by atoms with Gasteiger partial charge in [-0.25, -0.2) is 18.7 Å². The molecule has 0 amide bonds. The van der Waals surface area contributed by atoms with Gasteiger partial charge in [0.2, 0.25) is 0 Å². The molecule has 0 unspecified atom stereocenters. The number of fused-ring (bicyclic) bond motifs is 2. The molecule has 1 N–H and O–H groups in total. The van der Waals surface area contributed by atoms with Gasteiger partial charge in [0.25, 0.3) is 0 Å². The highest BCUT2D eigenvalue weighted by Crippen LogP contribution is 2.38. The first kappa shape index (κ1) is 24.8. The second-order valence-electron chi connectivity index (χ2n) is 8.94. The standard InChI is InChI=1S/C26H26F2N4O.C2H6/c1-4-18-21(27)8-7-16-10-17(33)11-19(22(16)18)24-23(28)25-20(12-29-24)26(31-15(3)30-25)32-9-5-6-14(2)13-32;1-2/h7-8,10-12,14,33H,4-6,9,13H2,1-3H3;1-2H3/t14-;/m0./s1. The topological polar surface area (TPSA) is 62.1 Å². The summed E-state index contributed by atoms with van der Waals surface area (Å²) < 4.78 is 30.6. The quantitative estimate of drug-likeness (QED) is 0.345. The fourth-order valence-corrected chi connectivity index (χ4v) is 4.99. The molecule has 3 heterocycles. The van der Waals surface area contributed by atoms with E-state index in [1.165, 1.54) is 12.1 Å². The van der Waals surface area contributed by atoms with Crippen molar-refractivity contribution in [3.63, 3.8) is 0 Å². The van der Waals surface area contributed by atoms with Gasteiger partial charge in [0, 0.05) is 24.8 Å². The van der Waals surface area contributed by atoms with E-state index in [2.05, 4.69) is 26.8 Å². The van der Waals surface area contributed by atoms with E-state index < -0.39 is 5.82 Å². The molecule has 1 saturated heterocycles. The van der Waals surface area contributed by atoms with Crippen LogP contribution in [0.15, 0.2) is 30.5 Å². The molecule has 5 nitrogen and oxygen atoms in total. The Morgan fingerprint density at radius 1 is 1.14 bits per heavy atom. The molecule has 5 rings (SSSR count). The number of nitrogens with zero attached hydrogens (tertiary/aromatic N) is 4. The van der Waals surface area contributed by atoms with Crippen LogP contribution in [0.4, 0.5) is 14.6 Å². The first-order chi connectivity index (χ1) is 16.9. The lowest BCUT2D eigenvalue weighted by Gasteiger charge is -2.32. The SMILES string of the molecule is CC.CCc1c(F)ccc2cc(O)cc(-c3ncc4c(N5CCC[C@H](C)C5)nc(C)nc4c3F)c12. The predicted octanol–water partition coefficient (Wildman–Crippen LogP) is 6.96. The van der Waals surface area contributed by atoms with Gasteiger partial charge in [-0.2, -0.15) is 0 Å². The maximum atomic E-state index is 16.0. The summed E-state index contributed by atoms with van der Waals surface area (Å²) in [5.41, 5.74) is 1.04. The molecule has 4 aromatic rings. The van der Waals surface area contributed by atoms with E-state index in [1.54, 1.807) is 25.3 Å². The normalized spacial score (nSPS) is 15.9. The molecule has 0 spiro atoms. The van der Waals surface area contributed by atoms with Crippen molar-refractivity contribution in [1.29, 1.82) is 0 Å². The van der Waals surface area contributed by atoms with Crippen molar-refractivity contribution in [2.45, 2.75) is 53.9 Å². The third kappa shape index (κ3) is 4.51. The van der Waals surface area contributed by atoms with Crippen molar-refractivity contribution in [1.82, 2.24) is 15.0 Å². The van der Waals surface area contributed by atoms with Gasteiger partial charge in [0.1, 0.15) is 34.4 Å². The summed E-state index contributed by atoms with van der Waals surface area (Å²) in [5, 5.41) is 12.1. The van der Waals surface area contributed by atoms with Gasteiger partial charge in [-0.1, -0.05) is 33.8 Å². The van der Waals surface area contributed by atoms with Gasteiger partial charge >= 0.3 is 0 Å². The van der Waals surface area contributed by atoms with Gasteiger partial charge in [-0.3, -0.25) is 4.98 Å². The van der Waals surface area contributed by atoms with Gasteiger partial charge in [-0.05, 0) is 66.6 Å². The fourth-order valence-electron chi connectivity index (χ4n) is 4.99. The van der Waals surface area contributed by atoms with Gasteiger partial charge < -0.3 is 10.0 Å². The van der Waals surface area contributed by atoms with E-state index in [0.717, 1.165) is 25.9 Å². The lowest BCUT2D eigenvalue weighted by molar-refractivity contribution is 0.445. The number of aromatic hydroxyl groups is 1. The summed E-state index contributed by atoms with van der Waals surface area (Å²) in [5.74, 6) is 0.715. The number of hydrogen-bond donors (Lipinski definition) is 1. The highest BCUT2D eigenvalue weighted by Gasteiger charge is 2.24. The third-order valence-electron chi connectivity index (χ3n) is 6.49. The van der Waals surface area contributed by atoms with Crippen molar-refractivity contribution < 1.29 is 13.9 Å². The molecule has 2 aromatic carbocycles. The number of benzene rings is 2. The number of halogens is 2. The Bertz CT molecular complexity index is 1390. The zero-order chi connectivity index (χ0) is 25.3. The average molecular weight is 479 g/mol. The summed E-state index contributed by atoms with van der Waals surface area (Å²) in [6.45, 7) is 11.5. The third-order valence-corrected chi connectivity index (χ3v) is 6.49. The minimum Gasteiger partial charge on any atom is -0.508 e. The number of hydrogen-bond acceptors (Lipinski definition) is 5. The van der Waals surface area contributed by atoms with Crippen molar-refractivity contribution in [2.24, 2.45) is 5.92 Å². The molecule has 184 valence electrons. The van der Waals surface area contributed by atoms with Crippen LogP contribution in [0, 0.1) is 24.5 Å². The number of phenolic OH excluding ortho intramolecular Hbond substituents is 1. The molecule has 2 aromatic heterocycles. The van der Waals surface area contributed by atoms with Gasteiger partial charge in [0.05, 0.1) is 5.39 Å². The van der Waals surface area contributed by atoms with E-state index in [4.69, 9.17) is 0 Å². The first-order valence-electron chi connectivity index (χ1n) is 12.4. The second-order valence-corrected chi connectivity index (χ2v) is 8.94. The molecular formula is C28H32F2N4O. The monoisotopic (exact) mass is 478 g/mol. The van der Waals surface area contributed by atoms with Crippen LogP contribution in [0.3, 0.4) is 0 Å². The maximum absolute atomic E-state index is 16.0. The molecule has 35 heavy (non-hydrogen) atoms. The van der Waals surface area contributed by atoms with Crippen molar-refractivity contribution in [3.8, 4) is 17.0 Å². The van der Waals surface area contributed by atoms with Crippen LogP contribution < -0.4 is 4.90 Å². The Balaban J connectivity index is 0.00000141. The fraction of sp³-hybridized carbons (Fsp3) is 0.393. The van der Waals surface area contributed by atoms with Gasteiger partial charge in [0.15, 0.2) is 5.82 Å². The Labute approximate surface area is 204 Å². The summed E-state index contributed by atoms with van der Waals surface area (Å²) in [7, 11) is 0. The predicted molar refractivity (Wildman–Crippen MR) is 138 cm³/mol. The van der Waals surface area contributed by atoms with Gasteiger partial charge in [-0.15, -0.1) is 0 Å². The van der Waals surface area contributed by atoms with Crippen LogP contribution in [-0.2, 0) is 6.42 Å². The summed E-state index contributed by atoms with van der Waals surface area (Å²) in [6, 6.07) is 5.96. The molecular weight excluding hydrogens is 446 g/mol. The second kappa shape index (κ2) is 10.1. The Hall–Kier alpha value is -3.35. The number of phenols is 1. The molecule has 0 saturated carbocycles. The number of aromatic nitrogens is 3. The number of aryl methyl sites for hydroxylation is 2. The molecule has 0 bridgehead atoms. The Morgan fingerprint density at radius 3 is 2.63 bits per heavy atom. The maximum Gasteiger partial charge on any atom is 0.175 e. The first-order valence-corrected chi connectivity index (χ1v) is 12.4. The molecule has 1 aliphatic heterocycles. The minimum absolute atomic E-state index is 0.0330. The highest BCUT2D eigenvalue weighted by molar-refractivity contribution is 6.01. The van der Waals surface area contributed by atoms with Crippen LogP contribution in [0.5, 0.6) is 5.75 Å². The zero-order valence-electron chi connectivity index (χ0n) is 21.0. The van der Waals surface area contributed by atoms with E-state index in [-0.39, 0.29) is 22.8 Å². The summed E-state index contributed by atoms with van der Waals surface area (Å²) >= 11 is 0. The number of piperidine rings is 1. The van der Waals surface area contributed by atoms with Crippen LogP contribution >= 0.6 is 0 Å². The molecule has 0 radical (unpaired) electrons. The van der Waals surface area contributed by atoms with Crippen LogP contribution in [0.1, 0.15) is 51.9 Å². The summed E-state index contributed by atoms with van der Waals surface area (Å²) in [4.78, 5) is 15.7. The lowest BCUT2D eigenvalue weighted by Crippen LogP contribution is -2.35.